The lowest BCUT2D eigenvalue weighted by Crippen LogP contribution is -1.87. The highest BCUT2D eigenvalue weighted by Gasteiger charge is 2.12. The summed E-state index contributed by atoms with van der Waals surface area (Å²) >= 11 is 0. The molecule has 0 bridgehead atoms. The molecular weight excluding hydrogens is 238 g/mol. The highest BCUT2D eigenvalue weighted by Crippen LogP contribution is 2.36. The zero-order valence-electron chi connectivity index (χ0n) is 11.4. The lowest BCUT2D eigenvalue weighted by molar-refractivity contribution is 0.398. The van der Waals surface area contributed by atoms with Gasteiger partial charge in [0.2, 0.25) is 0 Å². The summed E-state index contributed by atoms with van der Waals surface area (Å²) in [6.45, 7) is 2.16. The monoisotopic (exact) mass is 255 g/mol. The molecule has 0 aliphatic carbocycles. The highest BCUT2D eigenvalue weighted by molar-refractivity contribution is 6.11. The Kier molecular flexibility index (Phi) is 2.82. The van der Waals surface area contributed by atoms with Crippen molar-refractivity contribution in [2.24, 2.45) is 0 Å². The van der Waals surface area contributed by atoms with Crippen molar-refractivity contribution >= 4 is 21.8 Å². The Morgan fingerprint density at radius 3 is 2.53 bits per heavy atom. The molecule has 2 aromatic carbocycles. The maximum Gasteiger partial charge on any atom is 0.132 e. The number of ether oxygens (including phenoxy) is 2. The number of hydrogen-bond acceptors (Lipinski definition) is 2. The molecule has 0 atom stereocenters. The Balaban J connectivity index is 2.41. The Bertz CT molecular complexity index is 743. The maximum atomic E-state index is 5.51. The molecule has 0 unspecified atom stereocenters. The van der Waals surface area contributed by atoms with Crippen molar-refractivity contribution in [3.8, 4) is 11.5 Å². The first-order valence-electron chi connectivity index (χ1n) is 6.43. The summed E-state index contributed by atoms with van der Waals surface area (Å²) in [6.07, 6.45) is 1.03. The van der Waals surface area contributed by atoms with Gasteiger partial charge in [-0.1, -0.05) is 13.0 Å². The fourth-order valence-corrected chi connectivity index (χ4v) is 2.52. The van der Waals surface area contributed by atoms with E-state index in [4.69, 9.17) is 9.47 Å². The molecule has 3 rings (SSSR count). The Labute approximate surface area is 112 Å². The summed E-state index contributed by atoms with van der Waals surface area (Å²) in [4.78, 5) is 3.42. The number of rotatable bonds is 3. The molecule has 1 N–H and O–H groups in total. The predicted octanol–water partition coefficient (Wildman–Crippen LogP) is 3.90. The van der Waals surface area contributed by atoms with Gasteiger partial charge >= 0.3 is 0 Å². The second-order valence-electron chi connectivity index (χ2n) is 4.61. The fourth-order valence-electron chi connectivity index (χ4n) is 2.52. The normalized spacial score (nSPS) is 11.1. The van der Waals surface area contributed by atoms with Crippen LogP contribution in [0.25, 0.3) is 21.8 Å². The summed E-state index contributed by atoms with van der Waals surface area (Å²) in [6, 6.07) is 10.4. The Hall–Kier alpha value is -2.16. The molecule has 0 aliphatic heterocycles. The van der Waals surface area contributed by atoms with E-state index in [1.54, 1.807) is 14.2 Å². The van der Waals surface area contributed by atoms with E-state index in [0.29, 0.717) is 0 Å². The van der Waals surface area contributed by atoms with Crippen LogP contribution in [-0.4, -0.2) is 19.2 Å². The molecule has 0 amide bonds. The average molecular weight is 255 g/mol. The third kappa shape index (κ3) is 1.82. The first-order chi connectivity index (χ1) is 9.26. The van der Waals surface area contributed by atoms with Crippen LogP contribution in [0.3, 0.4) is 0 Å². The largest absolute Gasteiger partial charge is 0.497 e. The third-order valence-corrected chi connectivity index (χ3v) is 3.56. The second-order valence-corrected chi connectivity index (χ2v) is 4.61. The topological polar surface area (TPSA) is 34.2 Å². The quantitative estimate of drug-likeness (QED) is 0.770. The van der Waals surface area contributed by atoms with Crippen LogP contribution in [0.1, 0.15) is 12.5 Å². The molecule has 0 saturated carbocycles. The van der Waals surface area contributed by atoms with E-state index >= 15 is 0 Å². The number of aryl methyl sites for hydroxylation is 1. The van der Waals surface area contributed by atoms with Crippen molar-refractivity contribution < 1.29 is 9.47 Å². The summed E-state index contributed by atoms with van der Waals surface area (Å²) in [5, 5.41) is 2.32. The van der Waals surface area contributed by atoms with Crippen LogP contribution in [-0.2, 0) is 6.42 Å². The van der Waals surface area contributed by atoms with Crippen molar-refractivity contribution in [1.29, 1.82) is 0 Å². The van der Waals surface area contributed by atoms with Crippen molar-refractivity contribution in [3.05, 3.63) is 35.9 Å². The molecule has 0 saturated heterocycles. The predicted molar refractivity (Wildman–Crippen MR) is 78.3 cm³/mol. The van der Waals surface area contributed by atoms with Crippen LogP contribution in [0.5, 0.6) is 11.5 Å². The van der Waals surface area contributed by atoms with Gasteiger partial charge in [-0.15, -0.1) is 0 Å². The smallest absolute Gasteiger partial charge is 0.132 e. The van der Waals surface area contributed by atoms with Gasteiger partial charge in [0.1, 0.15) is 11.5 Å². The molecular formula is C16H17NO2. The fraction of sp³-hybridized carbons (Fsp3) is 0.250. The summed E-state index contributed by atoms with van der Waals surface area (Å²) in [5.74, 6) is 1.64. The van der Waals surface area contributed by atoms with E-state index in [0.717, 1.165) is 34.3 Å². The minimum atomic E-state index is 0.798. The molecule has 19 heavy (non-hydrogen) atoms. The van der Waals surface area contributed by atoms with Crippen LogP contribution in [0.2, 0.25) is 0 Å². The van der Waals surface area contributed by atoms with Gasteiger partial charge in [0.15, 0.2) is 0 Å². The molecule has 3 heteroatoms. The van der Waals surface area contributed by atoms with Gasteiger partial charge in [-0.05, 0) is 24.1 Å². The zero-order chi connectivity index (χ0) is 13.4. The van der Waals surface area contributed by atoms with E-state index in [1.165, 1.54) is 10.9 Å². The Morgan fingerprint density at radius 2 is 1.84 bits per heavy atom. The Morgan fingerprint density at radius 1 is 1.00 bits per heavy atom. The SMILES string of the molecule is CCc1ccc2[nH]c3cc(OC)cc(OC)c3c2c1. The van der Waals surface area contributed by atoms with Gasteiger partial charge in [-0.3, -0.25) is 0 Å². The number of aromatic amines is 1. The van der Waals surface area contributed by atoms with Crippen molar-refractivity contribution in [2.75, 3.05) is 14.2 Å². The summed E-state index contributed by atoms with van der Waals surface area (Å²) in [5.41, 5.74) is 3.49. The van der Waals surface area contributed by atoms with Crippen molar-refractivity contribution in [2.45, 2.75) is 13.3 Å². The number of benzene rings is 2. The molecule has 0 aliphatic rings. The number of nitrogens with one attached hydrogen (secondary N) is 1. The minimum absolute atomic E-state index is 0.798. The first kappa shape index (κ1) is 11.9. The van der Waals surface area contributed by atoms with Gasteiger partial charge in [-0.25, -0.2) is 0 Å². The second kappa shape index (κ2) is 4.50. The number of hydrogen-bond donors (Lipinski definition) is 1. The molecule has 3 nitrogen and oxygen atoms in total. The van der Waals surface area contributed by atoms with Crippen LogP contribution in [0.15, 0.2) is 30.3 Å². The lowest BCUT2D eigenvalue weighted by Gasteiger charge is -2.06. The summed E-state index contributed by atoms with van der Waals surface area (Å²) < 4.78 is 10.8. The first-order valence-corrected chi connectivity index (χ1v) is 6.43. The number of H-pyrrole nitrogens is 1. The molecule has 1 aromatic heterocycles. The maximum absolute atomic E-state index is 5.51. The van der Waals surface area contributed by atoms with E-state index in [2.05, 4.69) is 30.1 Å². The van der Waals surface area contributed by atoms with Gasteiger partial charge in [0.05, 0.1) is 19.7 Å². The molecule has 0 fully saturated rings. The third-order valence-electron chi connectivity index (χ3n) is 3.56. The number of methoxy groups -OCH3 is 2. The van der Waals surface area contributed by atoms with Gasteiger partial charge < -0.3 is 14.5 Å². The zero-order valence-corrected chi connectivity index (χ0v) is 11.4. The van der Waals surface area contributed by atoms with Gasteiger partial charge in [-0.2, -0.15) is 0 Å². The molecule has 0 spiro atoms. The van der Waals surface area contributed by atoms with Gasteiger partial charge in [0, 0.05) is 28.4 Å². The van der Waals surface area contributed by atoms with Crippen LogP contribution >= 0.6 is 0 Å². The van der Waals surface area contributed by atoms with E-state index in [9.17, 15) is 0 Å². The minimum Gasteiger partial charge on any atom is -0.497 e. The highest BCUT2D eigenvalue weighted by atomic mass is 16.5. The van der Waals surface area contributed by atoms with E-state index in [-0.39, 0.29) is 0 Å². The number of fused-ring (bicyclic) bond motifs is 3. The molecule has 1 heterocycles. The van der Waals surface area contributed by atoms with Crippen LogP contribution in [0, 0.1) is 0 Å². The lowest BCUT2D eigenvalue weighted by atomic mass is 10.1. The van der Waals surface area contributed by atoms with Crippen molar-refractivity contribution in [1.82, 2.24) is 4.98 Å². The van der Waals surface area contributed by atoms with Gasteiger partial charge in [0.25, 0.3) is 0 Å². The van der Waals surface area contributed by atoms with E-state index in [1.807, 2.05) is 12.1 Å². The average Bonchev–Trinajstić information content (AvgIpc) is 2.83. The number of aromatic nitrogens is 1. The van der Waals surface area contributed by atoms with Crippen LogP contribution < -0.4 is 9.47 Å². The van der Waals surface area contributed by atoms with E-state index < -0.39 is 0 Å². The van der Waals surface area contributed by atoms with Crippen LogP contribution in [0.4, 0.5) is 0 Å². The molecule has 0 radical (unpaired) electrons. The standard InChI is InChI=1S/C16H17NO2/c1-4-10-5-6-13-12(7-10)16-14(17-13)8-11(18-2)9-15(16)19-3/h5-9,17H,4H2,1-3H3. The summed E-state index contributed by atoms with van der Waals surface area (Å²) in [7, 11) is 3.36. The molecule has 3 aromatic rings. The van der Waals surface area contributed by atoms with Crippen molar-refractivity contribution in [3.63, 3.8) is 0 Å². The molecule has 98 valence electrons.